The number of thioether (sulfide) groups is 1. The van der Waals surface area contributed by atoms with Gasteiger partial charge in [-0.1, -0.05) is 53.6 Å². The Hall–Kier alpha value is -1.56. The molecule has 1 amide bonds. The van der Waals surface area contributed by atoms with Gasteiger partial charge < -0.3 is 15.1 Å². The van der Waals surface area contributed by atoms with Gasteiger partial charge in [-0.05, 0) is 56.4 Å². The largest absolute Gasteiger partial charge is 0.392 e. The Balaban J connectivity index is 1.21. The van der Waals surface area contributed by atoms with E-state index in [1.54, 1.807) is 0 Å². The Morgan fingerprint density at radius 2 is 2.09 bits per heavy atom. The maximum absolute atomic E-state index is 12.3. The number of fused-ring (bicyclic) bond motifs is 1. The van der Waals surface area contributed by atoms with Crippen LogP contribution in [0.5, 0.6) is 0 Å². The van der Waals surface area contributed by atoms with Crippen LogP contribution >= 0.6 is 11.8 Å². The molecule has 1 aliphatic heterocycles. The van der Waals surface area contributed by atoms with Crippen LogP contribution in [0.1, 0.15) is 49.7 Å². The Kier molecular flexibility index (Phi) is 8.72. The number of carbonyl (C=O) groups is 1. The van der Waals surface area contributed by atoms with Crippen molar-refractivity contribution < 1.29 is 15.0 Å². The lowest BCUT2D eigenvalue weighted by atomic mass is 9.89. The van der Waals surface area contributed by atoms with Gasteiger partial charge in [0.2, 0.25) is 5.91 Å². The molecule has 0 radical (unpaired) electrons. The summed E-state index contributed by atoms with van der Waals surface area (Å²) in [6.07, 6.45) is 12.1. The molecule has 33 heavy (non-hydrogen) atoms. The van der Waals surface area contributed by atoms with Crippen LogP contribution in [0.3, 0.4) is 0 Å². The first-order valence-electron chi connectivity index (χ1n) is 12.6. The lowest BCUT2D eigenvalue weighted by molar-refractivity contribution is -0.131. The van der Waals surface area contributed by atoms with E-state index in [2.05, 4.69) is 37.3 Å². The van der Waals surface area contributed by atoms with Crippen molar-refractivity contribution in [2.75, 3.05) is 24.6 Å². The summed E-state index contributed by atoms with van der Waals surface area (Å²) in [5, 5.41) is 21.1. The molecule has 0 unspecified atom stereocenters. The fraction of sp³-hybridized carbons (Fsp3) is 0.607. The van der Waals surface area contributed by atoms with E-state index in [-0.39, 0.29) is 12.0 Å². The molecule has 5 atom stereocenters. The van der Waals surface area contributed by atoms with Gasteiger partial charge in [0.15, 0.2) is 0 Å². The second kappa shape index (κ2) is 11.7. The molecule has 4 rings (SSSR count). The number of amides is 1. The number of hydrogen-bond acceptors (Lipinski definition) is 4. The third-order valence-corrected chi connectivity index (χ3v) is 8.56. The highest BCUT2D eigenvalue weighted by molar-refractivity contribution is 7.99. The van der Waals surface area contributed by atoms with Crippen LogP contribution in [0.15, 0.2) is 48.1 Å². The maximum Gasteiger partial charge on any atom is 0.223 e. The number of nitrogens with zero attached hydrogens (tertiary/aromatic N) is 1. The van der Waals surface area contributed by atoms with Crippen molar-refractivity contribution in [2.45, 2.75) is 64.1 Å². The number of likely N-dealkylation sites (tertiary alicyclic amines) is 1. The summed E-state index contributed by atoms with van der Waals surface area (Å²) in [5.41, 5.74) is 3.81. The molecule has 1 aromatic carbocycles. The molecule has 2 aliphatic carbocycles. The molecule has 2 N–H and O–H groups in total. The fourth-order valence-corrected chi connectivity index (χ4v) is 6.72. The fourth-order valence-electron chi connectivity index (χ4n) is 5.78. The Morgan fingerprint density at radius 1 is 1.27 bits per heavy atom. The lowest BCUT2D eigenvalue weighted by Crippen LogP contribution is -2.35. The first kappa shape index (κ1) is 24.6. The molecule has 0 aromatic heterocycles. The lowest BCUT2D eigenvalue weighted by Gasteiger charge is -2.26. The number of aryl methyl sites for hydroxylation is 1. The van der Waals surface area contributed by atoms with Gasteiger partial charge in [0, 0.05) is 43.4 Å². The minimum atomic E-state index is -0.528. The Morgan fingerprint density at radius 3 is 2.88 bits per heavy atom. The molecule has 1 aromatic rings. The number of hydrogen-bond donors (Lipinski definition) is 2. The Labute approximate surface area is 203 Å². The third kappa shape index (κ3) is 6.74. The van der Waals surface area contributed by atoms with Crippen molar-refractivity contribution in [1.29, 1.82) is 0 Å². The van der Waals surface area contributed by atoms with Gasteiger partial charge in [0.25, 0.3) is 0 Å². The van der Waals surface area contributed by atoms with Crippen LogP contribution in [-0.4, -0.2) is 57.8 Å². The number of rotatable bonds is 9. The molecular weight excluding hydrogens is 430 g/mol. The number of benzene rings is 1. The third-order valence-electron chi connectivity index (χ3n) is 7.49. The van der Waals surface area contributed by atoms with Gasteiger partial charge in [-0.25, -0.2) is 0 Å². The van der Waals surface area contributed by atoms with Crippen molar-refractivity contribution in [1.82, 2.24) is 4.90 Å². The van der Waals surface area contributed by atoms with Crippen LogP contribution < -0.4 is 0 Å². The molecule has 1 heterocycles. The molecule has 5 heteroatoms. The van der Waals surface area contributed by atoms with Gasteiger partial charge in [-0.15, -0.1) is 0 Å². The quantitative estimate of drug-likeness (QED) is 0.412. The molecule has 3 aliphatic rings. The standard InChI is InChI=1S/C28H39NO3S/c1-20-6-5-7-21(14-20)16-24(30)8-9-25-26-17-22(15-23(26)18-27(25)31)19-33-13-10-28(32)29-11-3-2-4-12-29/h5-9,14-15,23-27,30-31H,2-4,10-13,16-19H2,1H3/b9-8+/t23-,24-,25+,26-,27+/m0/s1. The summed E-state index contributed by atoms with van der Waals surface area (Å²) in [5.74, 6) is 3.18. The highest BCUT2D eigenvalue weighted by atomic mass is 32.2. The van der Waals surface area contributed by atoms with Crippen molar-refractivity contribution in [2.24, 2.45) is 17.8 Å². The van der Waals surface area contributed by atoms with Crippen molar-refractivity contribution >= 4 is 17.7 Å². The van der Waals surface area contributed by atoms with E-state index in [0.29, 0.717) is 30.6 Å². The average Bonchev–Trinajstić information content (AvgIpc) is 3.32. The number of aliphatic hydroxyl groups excluding tert-OH is 2. The van der Waals surface area contributed by atoms with Crippen LogP contribution in [0, 0.1) is 24.7 Å². The number of allylic oxidation sites excluding steroid dienone is 1. The van der Waals surface area contributed by atoms with Crippen molar-refractivity contribution in [3.63, 3.8) is 0 Å². The van der Waals surface area contributed by atoms with Crippen LogP contribution in [0.25, 0.3) is 0 Å². The van der Waals surface area contributed by atoms with E-state index in [0.717, 1.165) is 55.8 Å². The normalized spacial score (nSPS) is 28.2. The zero-order chi connectivity index (χ0) is 23.2. The molecule has 4 nitrogen and oxygen atoms in total. The van der Waals surface area contributed by atoms with Gasteiger partial charge in [0.05, 0.1) is 12.2 Å². The predicted molar refractivity (Wildman–Crippen MR) is 136 cm³/mol. The molecular formula is C28H39NO3S. The van der Waals surface area contributed by atoms with E-state index >= 15 is 0 Å². The second-order valence-electron chi connectivity index (χ2n) is 10.1. The molecule has 180 valence electrons. The monoisotopic (exact) mass is 469 g/mol. The molecule has 2 fully saturated rings. The van der Waals surface area contributed by atoms with Gasteiger partial charge in [0.1, 0.15) is 0 Å². The van der Waals surface area contributed by atoms with Crippen LogP contribution in [0.4, 0.5) is 0 Å². The first-order valence-corrected chi connectivity index (χ1v) is 13.8. The maximum atomic E-state index is 12.3. The van der Waals surface area contributed by atoms with Gasteiger partial charge >= 0.3 is 0 Å². The summed E-state index contributed by atoms with van der Waals surface area (Å²) in [6, 6.07) is 8.26. The topological polar surface area (TPSA) is 60.8 Å². The van der Waals surface area contributed by atoms with E-state index < -0.39 is 6.10 Å². The van der Waals surface area contributed by atoms with E-state index in [4.69, 9.17) is 0 Å². The SMILES string of the molecule is Cc1cccc(C[C@@H](O)/C=C/[C@@H]2[C@H]3CC(CSCCC(=O)N4CCCCC4)=C[C@H]3C[C@H]2O)c1. The van der Waals surface area contributed by atoms with Crippen LogP contribution in [-0.2, 0) is 11.2 Å². The summed E-state index contributed by atoms with van der Waals surface area (Å²) in [7, 11) is 0. The van der Waals surface area contributed by atoms with E-state index in [1.165, 1.54) is 17.6 Å². The highest BCUT2D eigenvalue weighted by Gasteiger charge is 2.43. The number of piperidine rings is 1. The molecule has 1 saturated carbocycles. The Bertz CT molecular complexity index is 860. The van der Waals surface area contributed by atoms with Crippen molar-refractivity contribution in [3.05, 3.63) is 59.2 Å². The second-order valence-corrected chi connectivity index (χ2v) is 11.2. The summed E-state index contributed by atoms with van der Waals surface area (Å²) >= 11 is 1.87. The molecule has 1 saturated heterocycles. The van der Waals surface area contributed by atoms with Gasteiger partial charge in [-0.3, -0.25) is 4.79 Å². The first-order chi connectivity index (χ1) is 16.0. The average molecular weight is 470 g/mol. The van der Waals surface area contributed by atoms with Gasteiger partial charge in [-0.2, -0.15) is 11.8 Å². The smallest absolute Gasteiger partial charge is 0.223 e. The predicted octanol–water partition coefficient (Wildman–Crippen LogP) is 4.53. The number of aliphatic hydroxyl groups is 2. The van der Waals surface area contributed by atoms with E-state index in [1.807, 2.05) is 28.8 Å². The van der Waals surface area contributed by atoms with Crippen molar-refractivity contribution in [3.8, 4) is 0 Å². The zero-order valence-corrected chi connectivity index (χ0v) is 20.7. The zero-order valence-electron chi connectivity index (χ0n) is 19.9. The number of carbonyl (C=O) groups excluding carboxylic acids is 1. The minimum Gasteiger partial charge on any atom is -0.392 e. The molecule has 0 bridgehead atoms. The highest BCUT2D eigenvalue weighted by Crippen LogP contribution is 2.47. The summed E-state index contributed by atoms with van der Waals surface area (Å²) in [4.78, 5) is 14.4. The molecule has 0 spiro atoms. The van der Waals surface area contributed by atoms with E-state index in [9.17, 15) is 15.0 Å². The minimum absolute atomic E-state index is 0.113. The van der Waals surface area contributed by atoms with Crippen LogP contribution in [0.2, 0.25) is 0 Å². The summed E-state index contributed by atoms with van der Waals surface area (Å²) < 4.78 is 0. The summed E-state index contributed by atoms with van der Waals surface area (Å²) in [6.45, 7) is 3.94.